The molecule has 0 unspecified atom stereocenters. The number of nitrogens with one attached hydrogen (secondary N) is 1. The van der Waals surface area contributed by atoms with Gasteiger partial charge in [-0.3, -0.25) is 4.79 Å². The molecule has 0 radical (unpaired) electrons. The van der Waals surface area contributed by atoms with Gasteiger partial charge in [-0.15, -0.1) is 0 Å². The van der Waals surface area contributed by atoms with Gasteiger partial charge in [-0.25, -0.2) is 9.97 Å². The number of aromatic nitrogens is 4. The maximum absolute atomic E-state index is 12.6. The minimum atomic E-state index is -0.115. The zero-order valence-electron chi connectivity index (χ0n) is 14.4. The van der Waals surface area contributed by atoms with Crippen LogP contribution >= 0.6 is 0 Å². The van der Waals surface area contributed by atoms with E-state index in [0.29, 0.717) is 23.6 Å². The predicted octanol–water partition coefficient (Wildman–Crippen LogP) is 2.94. The molecule has 2 heterocycles. The Balaban J connectivity index is 1.63. The summed E-state index contributed by atoms with van der Waals surface area (Å²) >= 11 is 0. The lowest BCUT2D eigenvalue weighted by Crippen LogP contribution is -2.19. The van der Waals surface area contributed by atoms with Crippen molar-refractivity contribution in [3.63, 3.8) is 0 Å². The van der Waals surface area contributed by atoms with Crippen LogP contribution in [-0.2, 0) is 10.2 Å². The molecule has 6 heteroatoms. The van der Waals surface area contributed by atoms with E-state index in [0.717, 1.165) is 5.69 Å². The van der Waals surface area contributed by atoms with Crippen LogP contribution in [0.2, 0.25) is 0 Å². The van der Waals surface area contributed by atoms with Gasteiger partial charge >= 0.3 is 0 Å². The van der Waals surface area contributed by atoms with Crippen LogP contribution in [-0.4, -0.2) is 25.7 Å². The second-order valence-electron chi connectivity index (χ2n) is 7.90. The zero-order valence-corrected chi connectivity index (χ0v) is 14.4. The third-order valence-electron chi connectivity index (χ3n) is 5.18. The summed E-state index contributed by atoms with van der Waals surface area (Å²) in [4.78, 5) is 21.2. The van der Waals surface area contributed by atoms with Gasteiger partial charge in [-0.05, 0) is 30.7 Å². The van der Waals surface area contributed by atoms with Crippen LogP contribution in [0.15, 0.2) is 24.5 Å². The molecular weight excluding hydrogens is 302 g/mol. The Hall–Kier alpha value is -2.24. The lowest BCUT2D eigenvalue weighted by atomic mass is 9.92. The van der Waals surface area contributed by atoms with Crippen LogP contribution in [0.5, 0.6) is 0 Å². The van der Waals surface area contributed by atoms with E-state index in [-0.39, 0.29) is 17.2 Å². The molecule has 0 saturated heterocycles. The van der Waals surface area contributed by atoms with Gasteiger partial charge in [0.1, 0.15) is 5.82 Å². The number of hydrogen-bond acceptors (Lipinski definition) is 4. The molecule has 0 bridgehead atoms. The van der Waals surface area contributed by atoms with Crippen LogP contribution in [0.3, 0.4) is 0 Å². The quantitative estimate of drug-likeness (QED) is 0.941. The molecule has 1 amide bonds. The van der Waals surface area contributed by atoms with Crippen LogP contribution in [0.1, 0.15) is 45.7 Å². The Morgan fingerprint density at radius 3 is 2.50 bits per heavy atom. The topological polar surface area (TPSA) is 72.7 Å². The molecule has 24 heavy (non-hydrogen) atoms. The molecule has 2 aromatic rings. The molecule has 126 valence electrons. The number of hydrogen-bond donors (Lipinski definition) is 1. The van der Waals surface area contributed by atoms with Crippen molar-refractivity contribution in [2.24, 2.45) is 17.8 Å². The summed E-state index contributed by atoms with van der Waals surface area (Å²) in [6.45, 7) is 6.30. The Morgan fingerprint density at radius 1 is 1.21 bits per heavy atom. The minimum absolute atomic E-state index is 0.113. The Bertz CT molecular complexity index is 751. The average molecular weight is 325 g/mol. The Labute approximate surface area is 141 Å². The number of rotatable bonds is 3. The van der Waals surface area contributed by atoms with Crippen molar-refractivity contribution in [3.8, 4) is 5.95 Å². The lowest BCUT2D eigenvalue weighted by molar-refractivity contribution is -0.118. The van der Waals surface area contributed by atoms with Crippen molar-refractivity contribution in [3.05, 3.63) is 30.2 Å². The fourth-order valence-corrected chi connectivity index (χ4v) is 3.81. The molecule has 2 aliphatic rings. The third-order valence-corrected chi connectivity index (χ3v) is 5.18. The molecule has 2 aromatic heterocycles. The summed E-state index contributed by atoms with van der Waals surface area (Å²) < 4.78 is 1.64. The molecule has 6 nitrogen and oxygen atoms in total. The molecule has 0 aliphatic heterocycles. The monoisotopic (exact) mass is 325 g/mol. The molecule has 4 rings (SSSR count). The van der Waals surface area contributed by atoms with E-state index in [4.69, 9.17) is 0 Å². The van der Waals surface area contributed by atoms with E-state index in [1.54, 1.807) is 23.1 Å². The molecule has 1 N–H and O–H groups in total. The standard InChI is InChI=1S/C18H23N5O/c1-18(2,3)13-10-14(23(22-13)17-19-8-5-9-20-17)21-16(24)15-11-6-4-7-12(11)15/h5,8-12,15H,4,6-7H2,1-3H3,(H,21,24)/t11-,12-/m1/s1. The number of amides is 1. The first-order chi connectivity index (χ1) is 11.4. The summed E-state index contributed by atoms with van der Waals surface area (Å²) in [7, 11) is 0. The van der Waals surface area contributed by atoms with Gasteiger partial charge in [-0.1, -0.05) is 27.2 Å². The van der Waals surface area contributed by atoms with E-state index in [1.807, 2.05) is 6.07 Å². The third kappa shape index (κ3) is 2.60. The largest absolute Gasteiger partial charge is 0.310 e. The van der Waals surface area contributed by atoms with E-state index >= 15 is 0 Å². The second kappa shape index (κ2) is 5.40. The first kappa shape index (κ1) is 15.3. The Morgan fingerprint density at radius 2 is 1.88 bits per heavy atom. The van der Waals surface area contributed by atoms with Gasteiger partial charge in [-0.2, -0.15) is 9.78 Å². The van der Waals surface area contributed by atoms with Crippen molar-refractivity contribution in [1.29, 1.82) is 0 Å². The average Bonchev–Trinajstić information content (AvgIpc) is 2.90. The number of nitrogens with zero attached hydrogens (tertiary/aromatic N) is 4. The Kier molecular flexibility index (Phi) is 3.44. The predicted molar refractivity (Wildman–Crippen MR) is 90.8 cm³/mol. The maximum Gasteiger partial charge on any atom is 0.252 e. The van der Waals surface area contributed by atoms with Crippen molar-refractivity contribution >= 4 is 11.7 Å². The van der Waals surface area contributed by atoms with E-state index in [2.05, 4.69) is 41.2 Å². The van der Waals surface area contributed by atoms with Crippen molar-refractivity contribution in [1.82, 2.24) is 19.7 Å². The van der Waals surface area contributed by atoms with Gasteiger partial charge in [0.05, 0.1) is 5.69 Å². The number of carbonyl (C=O) groups excluding carboxylic acids is 1. The van der Waals surface area contributed by atoms with Crippen LogP contribution in [0.4, 0.5) is 5.82 Å². The highest BCUT2D eigenvalue weighted by Gasteiger charge is 2.56. The summed E-state index contributed by atoms with van der Waals surface area (Å²) in [5.74, 6) is 2.60. The van der Waals surface area contributed by atoms with E-state index in [9.17, 15) is 4.79 Å². The van der Waals surface area contributed by atoms with Gasteiger partial charge < -0.3 is 5.32 Å². The highest BCUT2D eigenvalue weighted by molar-refractivity contribution is 5.94. The first-order valence-corrected chi connectivity index (χ1v) is 8.64. The highest BCUT2D eigenvalue weighted by Crippen LogP contribution is 2.57. The summed E-state index contributed by atoms with van der Waals surface area (Å²) in [5.41, 5.74) is 0.788. The second-order valence-corrected chi connectivity index (χ2v) is 7.90. The normalized spacial score (nSPS) is 25.4. The van der Waals surface area contributed by atoms with Crippen molar-refractivity contribution in [2.45, 2.75) is 45.4 Å². The molecular formula is C18H23N5O. The molecule has 0 aromatic carbocycles. The number of anilines is 1. The summed E-state index contributed by atoms with van der Waals surface area (Å²) in [6.07, 6.45) is 7.01. The van der Waals surface area contributed by atoms with Crippen LogP contribution in [0.25, 0.3) is 5.95 Å². The van der Waals surface area contributed by atoms with Crippen molar-refractivity contribution < 1.29 is 4.79 Å². The molecule has 2 aliphatic carbocycles. The fourth-order valence-electron chi connectivity index (χ4n) is 3.81. The highest BCUT2D eigenvalue weighted by atomic mass is 16.2. The minimum Gasteiger partial charge on any atom is -0.310 e. The van der Waals surface area contributed by atoms with E-state index < -0.39 is 0 Å². The molecule has 0 spiro atoms. The molecule has 2 saturated carbocycles. The fraction of sp³-hybridized carbons (Fsp3) is 0.556. The SMILES string of the molecule is CC(C)(C)c1cc(NC(=O)C2[C@@H]3CCC[C@@H]23)n(-c2ncccn2)n1. The number of fused-ring (bicyclic) bond motifs is 1. The molecule has 2 fully saturated rings. The van der Waals surface area contributed by atoms with Gasteiger partial charge in [0.25, 0.3) is 5.95 Å². The van der Waals surface area contributed by atoms with Crippen LogP contribution < -0.4 is 5.32 Å². The maximum atomic E-state index is 12.6. The number of carbonyl (C=O) groups is 1. The van der Waals surface area contributed by atoms with Crippen LogP contribution in [0, 0.1) is 17.8 Å². The first-order valence-electron chi connectivity index (χ1n) is 8.64. The summed E-state index contributed by atoms with van der Waals surface area (Å²) in [6, 6.07) is 3.70. The molecule has 2 atom stereocenters. The van der Waals surface area contributed by atoms with Gasteiger partial charge in [0.15, 0.2) is 0 Å². The van der Waals surface area contributed by atoms with Gasteiger partial charge in [0.2, 0.25) is 5.91 Å². The van der Waals surface area contributed by atoms with Gasteiger partial charge in [0, 0.05) is 29.8 Å². The zero-order chi connectivity index (χ0) is 16.9. The van der Waals surface area contributed by atoms with E-state index in [1.165, 1.54) is 19.3 Å². The smallest absolute Gasteiger partial charge is 0.252 e. The van der Waals surface area contributed by atoms with Crippen molar-refractivity contribution in [2.75, 3.05) is 5.32 Å². The summed E-state index contributed by atoms with van der Waals surface area (Å²) in [5, 5.41) is 7.71. The lowest BCUT2D eigenvalue weighted by Gasteiger charge is -2.13.